The minimum absolute atomic E-state index is 0.0257. The number of hydrazone groups is 1. The molecule has 2 atom stereocenters. The van der Waals surface area contributed by atoms with E-state index in [0.717, 1.165) is 23.1 Å². The van der Waals surface area contributed by atoms with Crippen molar-refractivity contribution < 1.29 is 9.53 Å². The van der Waals surface area contributed by atoms with Gasteiger partial charge in [0.15, 0.2) is 0 Å². The number of rotatable bonds is 5. The molecule has 3 aromatic rings. The van der Waals surface area contributed by atoms with Crippen LogP contribution < -0.4 is 10.2 Å². The second-order valence-electron chi connectivity index (χ2n) is 6.52. The fourth-order valence-corrected chi connectivity index (χ4v) is 3.35. The van der Waals surface area contributed by atoms with Crippen LogP contribution in [0.3, 0.4) is 0 Å². The average Bonchev–Trinajstić information content (AvgIpc) is 3.49. The molecule has 1 aliphatic rings. The Labute approximate surface area is 162 Å². The van der Waals surface area contributed by atoms with E-state index in [4.69, 9.17) is 16.3 Å². The van der Waals surface area contributed by atoms with E-state index in [0.29, 0.717) is 10.7 Å². The highest BCUT2D eigenvalue weighted by atomic mass is 35.5. The zero-order valence-electron chi connectivity index (χ0n) is 14.7. The third-order valence-corrected chi connectivity index (χ3v) is 5.04. The number of hydrogen-bond donors (Lipinski definition) is 1. The van der Waals surface area contributed by atoms with Gasteiger partial charge < -0.3 is 4.74 Å². The number of halogens is 1. The second kappa shape index (κ2) is 7.37. The first-order chi connectivity index (χ1) is 13.2. The predicted octanol–water partition coefficient (Wildman–Crippen LogP) is 4.15. The molecule has 1 aromatic heterocycles. The third kappa shape index (κ3) is 3.78. The van der Waals surface area contributed by atoms with E-state index >= 15 is 0 Å². The molecule has 1 saturated carbocycles. The number of carbonyl (C=O) groups excluding carboxylic acids is 1. The summed E-state index contributed by atoms with van der Waals surface area (Å²) in [6, 6.07) is 17.5. The first-order valence-electron chi connectivity index (χ1n) is 8.68. The van der Waals surface area contributed by atoms with Crippen molar-refractivity contribution in [3.8, 4) is 5.75 Å². The van der Waals surface area contributed by atoms with Crippen LogP contribution in [-0.4, -0.2) is 24.2 Å². The van der Waals surface area contributed by atoms with Crippen molar-refractivity contribution in [3.05, 3.63) is 70.9 Å². The van der Waals surface area contributed by atoms with Crippen molar-refractivity contribution in [2.75, 3.05) is 7.11 Å². The standard InChI is InChI=1S/C21H18ClN3O2/c1-27-16-8-7-14-9-15(20(22)24-19(14)10-16)12-23-25-21(26)18-11-17(18)13-5-3-2-4-6-13/h2-10,12,17-18H,11H2,1H3,(H,25,26)/b23-12+/t17-,18+/m0/s1. The lowest BCUT2D eigenvalue weighted by atomic mass is 10.1. The smallest absolute Gasteiger partial charge is 0.243 e. The normalized spacial score (nSPS) is 18.6. The summed E-state index contributed by atoms with van der Waals surface area (Å²) < 4.78 is 5.20. The zero-order valence-corrected chi connectivity index (χ0v) is 15.5. The first kappa shape index (κ1) is 17.5. The molecule has 0 aliphatic heterocycles. The molecule has 2 aromatic carbocycles. The summed E-state index contributed by atoms with van der Waals surface area (Å²) in [5.74, 6) is 0.899. The highest BCUT2D eigenvalue weighted by Crippen LogP contribution is 2.47. The Morgan fingerprint density at radius 3 is 2.85 bits per heavy atom. The summed E-state index contributed by atoms with van der Waals surface area (Å²) in [6.07, 6.45) is 2.38. The second-order valence-corrected chi connectivity index (χ2v) is 6.88. The Balaban J connectivity index is 1.42. The Kier molecular flexibility index (Phi) is 4.77. The van der Waals surface area contributed by atoms with E-state index in [1.54, 1.807) is 7.11 Å². The Morgan fingerprint density at radius 2 is 2.07 bits per heavy atom. The first-order valence-corrected chi connectivity index (χ1v) is 9.05. The molecule has 0 unspecified atom stereocenters. The van der Waals surface area contributed by atoms with E-state index in [2.05, 4.69) is 27.6 Å². The molecule has 5 nitrogen and oxygen atoms in total. The molecular weight excluding hydrogens is 362 g/mol. The van der Waals surface area contributed by atoms with Gasteiger partial charge >= 0.3 is 0 Å². The maximum atomic E-state index is 12.3. The molecule has 0 bridgehead atoms. The van der Waals surface area contributed by atoms with Crippen LogP contribution >= 0.6 is 11.6 Å². The number of aromatic nitrogens is 1. The van der Waals surface area contributed by atoms with Gasteiger partial charge in [0.25, 0.3) is 0 Å². The van der Waals surface area contributed by atoms with E-state index in [9.17, 15) is 4.79 Å². The number of nitrogens with zero attached hydrogens (tertiary/aromatic N) is 2. The number of fused-ring (bicyclic) bond motifs is 1. The lowest BCUT2D eigenvalue weighted by Crippen LogP contribution is -2.20. The van der Waals surface area contributed by atoms with Crippen molar-refractivity contribution >= 4 is 34.6 Å². The van der Waals surface area contributed by atoms with E-state index in [-0.39, 0.29) is 17.7 Å². The van der Waals surface area contributed by atoms with Crippen molar-refractivity contribution in [1.29, 1.82) is 0 Å². The number of nitrogens with one attached hydrogen (secondary N) is 1. The van der Waals surface area contributed by atoms with Crippen LogP contribution in [-0.2, 0) is 4.79 Å². The van der Waals surface area contributed by atoms with E-state index < -0.39 is 0 Å². The van der Waals surface area contributed by atoms with Crippen LogP contribution in [0.15, 0.2) is 59.7 Å². The fraction of sp³-hybridized carbons (Fsp3) is 0.190. The quantitative estimate of drug-likeness (QED) is 0.411. The molecule has 0 radical (unpaired) electrons. The van der Waals surface area contributed by atoms with Crippen LogP contribution in [0, 0.1) is 5.92 Å². The van der Waals surface area contributed by atoms with Gasteiger partial charge in [-0.3, -0.25) is 4.79 Å². The molecule has 1 heterocycles. The van der Waals surface area contributed by atoms with Crippen molar-refractivity contribution in [1.82, 2.24) is 10.4 Å². The monoisotopic (exact) mass is 379 g/mol. The van der Waals surface area contributed by atoms with E-state index in [1.165, 1.54) is 11.8 Å². The SMILES string of the molecule is COc1ccc2cc(/C=N/NC(=O)[C@@H]3C[C@H]3c3ccccc3)c(Cl)nc2c1. The predicted molar refractivity (Wildman–Crippen MR) is 106 cm³/mol. The summed E-state index contributed by atoms with van der Waals surface area (Å²) in [4.78, 5) is 16.6. The van der Waals surface area contributed by atoms with Crippen molar-refractivity contribution in [2.45, 2.75) is 12.3 Å². The van der Waals surface area contributed by atoms with Crippen molar-refractivity contribution in [3.63, 3.8) is 0 Å². The molecule has 4 rings (SSSR count). The highest BCUT2D eigenvalue weighted by Gasteiger charge is 2.43. The molecule has 1 fully saturated rings. The van der Waals surface area contributed by atoms with Crippen LogP contribution in [0.2, 0.25) is 5.15 Å². The van der Waals surface area contributed by atoms with Gasteiger partial charge in [0.05, 0.1) is 18.8 Å². The number of amides is 1. The zero-order chi connectivity index (χ0) is 18.8. The fourth-order valence-electron chi connectivity index (χ4n) is 3.16. The maximum absolute atomic E-state index is 12.3. The van der Waals surface area contributed by atoms with Gasteiger partial charge in [0.2, 0.25) is 5.91 Å². The summed E-state index contributed by atoms with van der Waals surface area (Å²) in [5.41, 5.74) is 5.19. The van der Waals surface area contributed by atoms with Crippen LogP contribution in [0.1, 0.15) is 23.5 Å². The van der Waals surface area contributed by atoms with Gasteiger partial charge in [-0.05, 0) is 36.1 Å². The number of ether oxygens (including phenoxy) is 1. The largest absolute Gasteiger partial charge is 0.497 e. The minimum Gasteiger partial charge on any atom is -0.497 e. The molecule has 0 spiro atoms. The number of pyridine rings is 1. The highest BCUT2D eigenvalue weighted by molar-refractivity contribution is 6.32. The number of benzene rings is 2. The molecule has 136 valence electrons. The van der Waals surface area contributed by atoms with Gasteiger partial charge in [-0.2, -0.15) is 5.10 Å². The van der Waals surface area contributed by atoms with Gasteiger partial charge in [0, 0.05) is 22.9 Å². The summed E-state index contributed by atoms with van der Waals surface area (Å²) >= 11 is 6.24. The number of carbonyl (C=O) groups is 1. The van der Waals surface area contributed by atoms with E-state index in [1.807, 2.05) is 42.5 Å². The van der Waals surface area contributed by atoms with Crippen molar-refractivity contribution in [2.24, 2.45) is 11.0 Å². The molecule has 1 N–H and O–H groups in total. The Hall–Kier alpha value is -2.92. The van der Waals surface area contributed by atoms with Crippen LogP contribution in [0.5, 0.6) is 5.75 Å². The molecule has 27 heavy (non-hydrogen) atoms. The molecule has 1 aliphatic carbocycles. The van der Waals surface area contributed by atoms with Crippen LogP contribution in [0.4, 0.5) is 0 Å². The molecule has 0 saturated heterocycles. The maximum Gasteiger partial charge on any atom is 0.243 e. The molecule has 6 heteroatoms. The third-order valence-electron chi connectivity index (χ3n) is 4.74. The number of methoxy groups -OCH3 is 1. The number of hydrogen-bond acceptors (Lipinski definition) is 4. The van der Waals surface area contributed by atoms with Gasteiger partial charge in [-0.25, -0.2) is 10.4 Å². The van der Waals surface area contributed by atoms with Gasteiger partial charge in [-0.1, -0.05) is 41.9 Å². The molecular formula is C21H18ClN3O2. The minimum atomic E-state index is -0.0743. The van der Waals surface area contributed by atoms with Gasteiger partial charge in [0.1, 0.15) is 10.9 Å². The lowest BCUT2D eigenvalue weighted by molar-refractivity contribution is -0.122. The lowest BCUT2D eigenvalue weighted by Gasteiger charge is -2.05. The average molecular weight is 380 g/mol. The summed E-state index contributed by atoms with van der Waals surface area (Å²) in [7, 11) is 1.61. The summed E-state index contributed by atoms with van der Waals surface area (Å²) in [5, 5.41) is 5.30. The molecule has 1 amide bonds. The van der Waals surface area contributed by atoms with Crippen LogP contribution in [0.25, 0.3) is 10.9 Å². The topological polar surface area (TPSA) is 63.6 Å². The van der Waals surface area contributed by atoms with Gasteiger partial charge in [-0.15, -0.1) is 0 Å². The summed E-state index contributed by atoms with van der Waals surface area (Å²) in [6.45, 7) is 0. The Morgan fingerprint density at radius 1 is 1.26 bits per heavy atom. The Bertz CT molecular complexity index is 1020.